The van der Waals surface area contributed by atoms with E-state index in [1.165, 1.54) is 57.7 Å². The van der Waals surface area contributed by atoms with Gasteiger partial charge in [-0.15, -0.1) is 0 Å². The van der Waals surface area contributed by atoms with Gasteiger partial charge >= 0.3 is 0 Å². The van der Waals surface area contributed by atoms with Crippen LogP contribution < -0.4 is 0 Å². The monoisotopic (exact) mass is 237 g/mol. The smallest absolute Gasteiger partial charge is 0.0796 e. The molecule has 0 atom stereocenters. The van der Waals surface area contributed by atoms with E-state index in [4.69, 9.17) is 0 Å². The molecular weight excluding hydrogens is 203 g/mol. The Morgan fingerprint density at radius 1 is 0.824 bits per heavy atom. The summed E-state index contributed by atoms with van der Waals surface area (Å²) in [4.78, 5) is 0. The molecule has 0 bridgehead atoms. The number of unbranched alkanes of at least 4 members (excludes halogenated alkanes) is 7. The standard InChI is InChI=1S/C16H34B/c1-6-7-8-9-10-11-12-13-14-17-16(4,5)15(2)3/h15H,6-14H2,1-5H3. The lowest BCUT2D eigenvalue weighted by Crippen LogP contribution is -2.19. The van der Waals surface area contributed by atoms with Crippen LogP contribution in [0.1, 0.15) is 86.0 Å². The lowest BCUT2D eigenvalue weighted by atomic mass is 9.48. The van der Waals surface area contributed by atoms with Gasteiger partial charge in [0.2, 0.25) is 0 Å². The van der Waals surface area contributed by atoms with Gasteiger partial charge in [-0.1, -0.05) is 97.6 Å². The Kier molecular flexibility index (Phi) is 10.1. The van der Waals surface area contributed by atoms with Crippen molar-refractivity contribution in [2.24, 2.45) is 5.92 Å². The van der Waals surface area contributed by atoms with Crippen LogP contribution in [0.3, 0.4) is 0 Å². The van der Waals surface area contributed by atoms with E-state index < -0.39 is 0 Å². The lowest BCUT2D eigenvalue weighted by Gasteiger charge is -2.28. The summed E-state index contributed by atoms with van der Waals surface area (Å²) < 4.78 is 0. The Morgan fingerprint density at radius 2 is 1.29 bits per heavy atom. The summed E-state index contributed by atoms with van der Waals surface area (Å²) in [6.45, 7) is 11.7. The quantitative estimate of drug-likeness (QED) is 0.300. The fraction of sp³-hybridized carbons (Fsp3) is 1.00. The summed E-state index contributed by atoms with van der Waals surface area (Å²) in [7, 11) is 2.54. The Labute approximate surface area is 111 Å². The van der Waals surface area contributed by atoms with E-state index in [1.807, 2.05) is 0 Å². The fourth-order valence-corrected chi connectivity index (χ4v) is 1.99. The van der Waals surface area contributed by atoms with Gasteiger partial charge < -0.3 is 0 Å². The third-order valence-corrected chi connectivity index (χ3v) is 4.22. The minimum Gasteiger partial charge on any atom is -0.0796 e. The summed E-state index contributed by atoms with van der Waals surface area (Å²) in [6, 6.07) is 0. The average Bonchev–Trinajstić information content (AvgIpc) is 2.26. The van der Waals surface area contributed by atoms with E-state index >= 15 is 0 Å². The van der Waals surface area contributed by atoms with Gasteiger partial charge in [0.15, 0.2) is 0 Å². The molecule has 0 nitrogen and oxygen atoms in total. The van der Waals surface area contributed by atoms with E-state index in [1.54, 1.807) is 0 Å². The van der Waals surface area contributed by atoms with Crippen molar-refractivity contribution in [1.82, 2.24) is 0 Å². The van der Waals surface area contributed by atoms with Crippen molar-refractivity contribution in [2.75, 3.05) is 0 Å². The molecular formula is C16H34B. The van der Waals surface area contributed by atoms with Crippen molar-refractivity contribution in [3.8, 4) is 0 Å². The molecule has 1 heteroatoms. The molecule has 0 unspecified atom stereocenters. The zero-order chi connectivity index (χ0) is 13.1. The van der Waals surface area contributed by atoms with Gasteiger partial charge in [-0.05, 0) is 5.92 Å². The predicted octanol–water partition coefficient (Wildman–Crippen LogP) is 6.10. The SMILES string of the molecule is CCCCCCCCCC[B]C(C)(C)C(C)C. The van der Waals surface area contributed by atoms with Gasteiger partial charge in [0.05, 0.1) is 0 Å². The minimum atomic E-state index is 0.418. The van der Waals surface area contributed by atoms with Crippen molar-refractivity contribution in [2.45, 2.75) is 97.6 Å². The van der Waals surface area contributed by atoms with E-state index in [0.717, 1.165) is 5.92 Å². The Morgan fingerprint density at radius 3 is 1.76 bits per heavy atom. The molecule has 101 valence electrons. The van der Waals surface area contributed by atoms with Gasteiger partial charge in [0.1, 0.15) is 7.28 Å². The van der Waals surface area contributed by atoms with Crippen LogP contribution in [0.4, 0.5) is 0 Å². The minimum absolute atomic E-state index is 0.418. The first-order valence-corrected chi connectivity index (χ1v) is 7.85. The van der Waals surface area contributed by atoms with Crippen molar-refractivity contribution < 1.29 is 0 Å². The largest absolute Gasteiger partial charge is 0.117 e. The number of hydrogen-bond acceptors (Lipinski definition) is 0. The Balaban J connectivity index is 3.24. The van der Waals surface area contributed by atoms with Gasteiger partial charge in [0.25, 0.3) is 0 Å². The molecule has 0 saturated carbocycles. The van der Waals surface area contributed by atoms with Crippen LogP contribution in [0.2, 0.25) is 11.6 Å². The van der Waals surface area contributed by atoms with Crippen LogP contribution in [-0.2, 0) is 0 Å². The first-order valence-electron chi connectivity index (χ1n) is 7.85. The third kappa shape index (κ3) is 9.74. The normalized spacial score (nSPS) is 12.1. The molecule has 0 rings (SSSR count). The predicted molar refractivity (Wildman–Crippen MR) is 82.1 cm³/mol. The Hall–Kier alpha value is 0.0649. The summed E-state index contributed by atoms with van der Waals surface area (Å²) in [6.07, 6.45) is 12.7. The molecule has 17 heavy (non-hydrogen) atoms. The average molecular weight is 237 g/mol. The van der Waals surface area contributed by atoms with E-state index in [9.17, 15) is 0 Å². The highest BCUT2D eigenvalue weighted by Gasteiger charge is 2.21. The molecule has 0 aromatic rings. The van der Waals surface area contributed by atoms with Crippen molar-refractivity contribution in [3.63, 3.8) is 0 Å². The molecule has 0 heterocycles. The Bertz CT molecular complexity index is 161. The zero-order valence-electron chi connectivity index (χ0n) is 13.0. The summed E-state index contributed by atoms with van der Waals surface area (Å²) >= 11 is 0. The number of hydrogen-bond donors (Lipinski definition) is 0. The summed E-state index contributed by atoms with van der Waals surface area (Å²) in [5.74, 6) is 0.761. The van der Waals surface area contributed by atoms with Crippen molar-refractivity contribution >= 4 is 7.28 Å². The molecule has 0 aromatic heterocycles. The zero-order valence-corrected chi connectivity index (χ0v) is 13.0. The molecule has 0 aliphatic rings. The van der Waals surface area contributed by atoms with Crippen LogP contribution in [-0.4, -0.2) is 7.28 Å². The molecule has 0 aromatic carbocycles. The van der Waals surface area contributed by atoms with Crippen LogP contribution in [0.5, 0.6) is 0 Å². The molecule has 0 fully saturated rings. The van der Waals surface area contributed by atoms with Crippen LogP contribution in [0.15, 0.2) is 0 Å². The molecule has 0 saturated heterocycles. The third-order valence-electron chi connectivity index (χ3n) is 4.22. The van der Waals surface area contributed by atoms with Gasteiger partial charge in [0, 0.05) is 0 Å². The van der Waals surface area contributed by atoms with E-state index in [0.29, 0.717) is 5.31 Å². The first-order chi connectivity index (χ1) is 8.00. The highest BCUT2D eigenvalue weighted by Crippen LogP contribution is 2.34. The van der Waals surface area contributed by atoms with Crippen LogP contribution in [0, 0.1) is 5.92 Å². The van der Waals surface area contributed by atoms with E-state index in [-0.39, 0.29) is 0 Å². The van der Waals surface area contributed by atoms with Crippen LogP contribution >= 0.6 is 0 Å². The van der Waals surface area contributed by atoms with Gasteiger partial charge in [-0.2, -0.15) is 0 Å². The molecule has 0 N–H and O–H groups in total. The second-order valence-corrected chi connectivity index (χ2v) is 6.44. The topological polar surface area (TPSA) is 0 Å². The van der Waals surface area contributed by atoms with Crippen molar-refractivity contribution in [1.29, 1.82) is 0 Å². The molecule has 0 aliphatic carbocycles. The number of rotatable bonds is 11. The molecule has 1 radical (unpaired) electrons. The van der Waals surface area contributed by atoms with Crippen LogP contribution in [0.25, 0.3) is 0 Å². The maximum atomic E-state index is 2.54. The van der Waals surface area contributed by atoms with Gasteiger partial charge in [-0.3, -0.25) is 0 Å². The maximum absolute atomic E-state index is 2.54. The molecule has 0 aliphatic heterocycles. The highest BCUT2D eigenvalue weighted by atomic mass is 14.2. The van der Waals surface area contributed by atoms with E-state index in [2.05, 4.69) is 41.9 Å². The molecule has 0 amide bonds. The fourth-order valence-electron chi connectivity index (χ4n) is 1.99. The maximum Gasteiger partial charge on any atom is 0.117 e. The second-order valence-electron chi connectivity index (χ2n) is 6.44. The van der Waals surface area contributed by atoms with Crippen molar-refractivity contribution in [3.05, 3.63) is 0 Å². The lowest BCUT2D eigenvalue weighted by molar-refractivity contribution is 0.471. The molecule has 0 spiro atoms. The summed E-state index contributed by atoms with van der Waals surface area (Å²) in [5, 5.41) is 0.418. The van der Waals surface area contributed by atoms with Gasteiger partial charge in [-0.25, -0.2) is 0 Å². The summed E-state index contributed by atoms with van der Waals surface area (Å²) in [5.41, 5.74) is 0. The highest BCUT2D eigenvalue weighted by molar-refractivity contribution is 6.39. The first kappa shape index (κ1) is 17.1. The second kappa shape index (κ2) is 10.0.